The summed E-state index contributed by atoms with van der Waals surface area (Å²) in [6.07, 6.45) is 0. The fraction of sp³-hybridized carbons (Fsp3) is 0.0769. The Morgan fingerprint density at radius 2 is 1.63 bits per heavy atom. The molecule has 0 aliphatic heterocycles. The van der Waals surface area contributed by atoms with Crippen molar-refractivity contribution in [2.45, 2.75) is 11.8 Å². The fourth-order valence-corrected chi connectivity index (χ4v) is 3.28. The van der Waals surface area contributed by atoms with Gasteiger partial charge in [-0.3, -0.25) is 4.72 Å². The minimum atomic E-state index is -3.64. The van der Waals surface area contributed by atoms with Gasteiger partial charge in [-0.05, 0) is 42.8 Å². The third-order valence-corrected chi connectivity index (χ3v) is 4.23. The summed E-state index contributed by atoms with van der Waals surface area (Å²) in [7, 11) is -3.64. The average molecular weight is 316 g/mol. The molecule has 0 heterocycles. The molecule has 0 spiro atoms. The Labute approximate surface area is 122 Å². The van der Waals surface area contributed by atoms with Gasteiger partial charge in [0.2, 0.25) is 0 Å². The lowest BCUT2D eigenvalue weighted by atomic mass is 10.2. The second-order valence-corrected chi connectivity index (χ2v) is 6.64. The molecule has 0 radical (unpaired) electrons. The van der Waals surface area contributed by atoms with Crippen molar-refractivity contribution in [2.24, 2.45) is 0 Å². The van der Waals surface area contributed by atoms with Gasteiger partial charge in [0, 0.05) is 10.0 Å². The molecule has 0 atom stereocenters. The second kappa shape index (κ2) is 5.41. The highest BCUT2D eigenvalue weighted by atomic mass is 35.5. The first-order chi connectivity index (χ1) is 8.87. The van der Waals surface area contributed by atoms with Crippen molar-refractivity contribution in [2.75, 3.05) is 4.72 Å². The number of rotatable bonds is 3. The van der Waals surface area contributed by atoms with Crippen LogP contribution in [0.15, 0.2) is 47.4 Å². The summed E-state index contributed by atoms with van der Waals surface area (Å²) in [4.78, 5) is 0.198. The smallest absolute Gasteiger partial charge is 0.261 e. The molecule has 2 aromatic carbocycles. The van der Waals surface area contributed by atoms with Gasteiger partial charge in [0.05, 0.1) is 10.6 Å². The van der Waals surface area contributed by atoms with E-state index in [1.165, 1.54) is 24.3 Å². The van der Waals surface area contributed by atoms with Crippen LogP contribution in [-0.2, 0) is 10.0 Å². The molecule has 0 saturated heterocycles. The predicted molar refractivity (Wildman–Crippen MR) is 78.4 cm³/mol. The van der Waals surface area contributed by atoms with Crippen LogP contribution in [0.1, 0.15) is 5.56 Å². The van der Waals surface area contributed by atoms with E-state index in [-0.39, 0.29) is 4.90 Å². The summed E-state index contributed by atoms with van der Waals surface area (Å²) < 4.78 is 26.8. The number of hydrogen-bond acceptors (Lipinski definition) is 2. The second-order valence-electron chi connectivity index (χ2n) is 4.08. The monoisotopic (exact) mass is 315 g/mol. The van der Waals surface area contributed by atoms with Gasteiger partial charge in [0.1, 0.15) is 0 Å². The Kier molecular flexibility index (Phi) is 4.04. The van der Waals surface area contributed by atoms with Gasteiger partial charge >= 0.3 is 0 Å². The van der Waals surface area contributed by atoms with E-state index >= 15 is 0 Å². The number of benzene rings is 2. The van der Waals surface area contributed by atoms with E-state index in [9.17, 15) is 8.42 Å². The molecule has 3 nitrogen and oxygen atoms in total. The number of halogens is 2. The normalized spacial score (nSPS) is 11.3. The summed E-state index contributed by atoms with van der Waals surface area (Å²) in [5, 5.41) is 0.740. The van der Waals surface area contributed by atoms with Crippen LogP contribution in [0.2, 0.25) is 10.0 Å². The maximum atomic E-state index is 12.2. The lowest BCUT2D eigenvalue weighted by Gasteiger charge is -2.09. The molecule has 0 fully saturated rings. The fourth-order valence-electron chi connectivity index (χ4n) is 1.61. The number of hydrogen-bond donors (Lipinski definition) is 1. The first-order valence-electron chi connectivity index (χ1n) is 5.42. The molecule has 2 aromatic rings. The quantitative estimate of drug-likeness (QED) is 0.926. The summed E-state index contributed by atoms with van der Waals surface area (Å²) in [6.45, 7) is 1.83. The number of anilines is 1. The van der Waals surface area contributed by atoms with Crippen molar-refractivity contribution >= 4 is 38.9 Å². The van der Waals surface area contributed by atoms with E-state index < -0.39 is 10.0 Å². The molecule has 0 aliphatic carbocycles. The Balaban J connectivity index is 2.36. The number of aryl methyl sites for hydroxylation is 1. The van der Waals surface area contributed by atoms with E-state index in [1.54, 1.807) is 12.1 Å². The van der Waals surface area contributed by atoms with Gasteiger partial charge in [-0.15, -0.1) is 0 Å². The maximum absolute atomic E-state index is 12.2. The molecule has 100 valence electrons. The van der Waals surface area contributed by atoms with Crippen LogP contribution >= 0.6 is 23.2 Å². The standard InChI is InChI=1S/C13H11Cl2NO2S/c1-9-3-2-4-13(5-9)19(17,18)16-12-7-10(14)6-11(15)8-12/h2-8,16H,1H3. The molecular formula is C13H11Cl2NO2S. The van der Waals surface area contributed by atoms with E-state index in [4.69, 9.17) is 23.2 Å². The van der Waals surface area contributed by atoms with Crippen LogP contribution < -0.4 is 4.72 Å². The molecule has 0 amide bonds. The minimum absolute atomic E-state index is 0.198. The summed E-state index contributed by atoms with van der Waals surface area (Å²) in [6, 6.07) is 11.2. The molecule has 0 saturated carbocycles. The van der Waals surface area contributed by atoms with Crippen LogP contribution in [0.4, 0.5) is 5.69 Å². The van der Waals surface area contributed by atoms with Gasteiger partial charge in [0.15, 0.2) is 0 Å². The first-order valence-corrected chi connectivity index (χ1v) is 7.66. The Morgan fingerprint density at radius 1 is 1.00 bits per heavy atom. The topological polar surface area (TPSA) is 46.2 Å². The predicted octanol–water partition coefficient (Wildman–Crippen LogP) is 4.10. The Hall–Kier alpha value is -1.23. The molecule has 1 N–H and O–H groups in total. The van der Waals surface area contributed by atoms with Crippen LogP contribution in [0, 0.1) is 6.92 Å². The van der Waals surface area contributed by atoms with Crippen molar-refractivity contribution in [1.82, 2.24) is 0 Å². The van der Waals surface area contributed by atoms with Crippen LogP contribution in [0.3, 0.4) is 0 Å². The van der Waals surface area contributed by atoms with Gasteiger partial charge < -0.3 is 0 Å². The highest BCUT2D eigenvalue weighted by Crippen LogP contribution is 2.24. The minimum Gasteiger partial charge on any atom is -0.280 e. The van der Waals surface area contributed by atoms with E-state index in [0.29, 0.717) is 15.7 Å². The largest absolute Gasteiger partial charge is 0.280 e. The lowest BCUT2D eigenvalue weighted by Crippen LogP contribution is -2.13. The number of sulfonamides is 1. The Bertz CT molecular complexity index is 694. The summed E-state index contributed by atoms with van der Waals surface area (Å²) >= 11 is 11.7. The molecule has 0 bridgehead atoms. The highest BCUT2D eigenvalue weighted by molar-refractivity contribution is 7.92. The lowest BCUT2D eigenvalue weighted by molar-refractivity contribution is 0.601. The SMILES string of the molecule is Cc1cccc(S(=O)(=O)Nc2cc(Cl)cc(Cl)c2)c1. The van der Waals surface area contributed by atoms with Crippen molar-refractivity contribution in [1.29, 1.82) is 0 Å². The van der Waals surface area contributed by atoms with E-state index in [1.807, 2.05) is 13.0 Å². The van der Waals surface area contributed by atoms with Crippen molar-refractivity contribution in [3.8, 4) is 0 Å². The van der Waals surface area contributed by atoms with Gasteiger partial charge in [-0.2, -0.15) is 0 Å². The van der Waals surface area contributed by atoms with Gasteiger partial charge in [0.25, 0.3) is 10.0 Å². The van der Waals surface area contributed by atoms with E-state index in [2.05, 4.69) is 4.72 Å². The zero-order valence-corrected chi connectivity index (χ0v) is 12.4. The molecule has 0 unspecified atom stereocenters. The van der Waals surface area contributed by atoms with Gasteiger partial charge in [-0.1, -0.05) is 35.3 Å². The first kappa shape index (κ1) is 14.2. The maximum Gasteiger partial charge on any atom is 0.261 e. The van der Waals surface area contributed by atoms with E-state index in [0.717, 1.165) is 5.56 Å². The molecule has 0 aliphatic rings. The highest BCUT2D eigenvalue weighted by Gasteiger charge is 2.14. The Morgan fingerprint density at radius 3 is 2.21 bits per heavy atom. The number of nitrogens with one attached hydrogen (secondary N) is 1. The molecular weight excluding hydrogens is 305 g/mol. The van der Waals surface area contributed by atoms with Crippen LogP contribution in [-0.4, -0.2) is 8.42 Å². The molecule has 19 heavy (non-hydrogen) atoms. The molecule has 6 heteroatoms. The van der Waals surface area contributed by atoms with Crippen LogP contribution in [0.5, 0.6) is 0 Å². The zero-order chi connectivity index (χ0) is 14.0. The summed E-state index contributed by atoms with van der Waals surface area (Å²) in [5.41, 5.74) is 1.20. The third kappa shape index (κ3) is 3.62. The van der Waals surface area contributed by atoms with Crippen molar-refractivity contribution in [3.05, 3.63) is 58.1 Å². The molecule has 0 aromatic heterocycles. The van der Waals surface area contributed by atoms with Crippen molar-refractivity contribution in [3.63, 3.8) is 0 Å². The third-order valence-electron chi connectivity index (χ3n) is 2.41. The summed E-state index contributed by atoms with van der Waals surface area (Å²) in [5.74, 6) is 0. The van der Waals surface area contributed by atoms with Gasteiger partial charge in [-0.25, -0.2) is 8.42 Å². The van der Waals surface area contributed by atoms with Crippen molar-refractivity contribution < 1.29 is 8.42 Å². The average Bonchev–Trinajstić information content (AvgIpc) is 2.26. The van der Waals surface area contributed by atoms with Crippen LogP contribution in [0.25, 0.3) is 0 Å². The zero-order valence-electron chi connectivity index (χ0n) is 10.0. The molecule has 2 rings (SSSR count).